The molecule has 0 radical (unpaired) electrons. The Bertz CT molecular complexity index is 365. The van der Waals surface area contributed by atoms with Gasteiger partial charge in [-0.05, 0) is 25.7 Å². The van der Waals surface area contributed by atoms with Gasteiger partial charge in [0.25, 0.3) is 0 Å². The molecule has 21 heavy (non-hydrogen) atoms. The van der Waals surface area contributed by atoms with Crippen LogP contribution in [0.3, 0.4) is 0 Å². The van der Waals surface area contributed by atoms with Gasteiger partial charge in [0.2, 0.25) is 0 Å². The normalized spacial score (nSPS) is 21.1. The summed E-state index contributed by atoms with van der Waals surface area (Å²) in [6, 6.07) is -0.389. The Labute approximate surface area is 125 Å². The fraction of sp³-hybridized carbons (Fsp3) is 0.857. The quantitative estimate of drug-likeness (QED) is 0.663. The minimum atomic E-state index is -0.990. The third kappa shape index (κ3) is 4.86. The highest BCUT2D eigenvalue weighted by Crippen LogP contribution is 2.27. The molecule has 1 aliphatic carbocycles. The van der Waals surface area contributed by atoms with Gasteiger partial charge >= 0.3 is 12.0 Å². The lowest BCUT2D eigenvalue weighted by molar-refractivity contribution is -0.139. The Morgan fingerprint density at radius 3 is 2.48 bits per heavy atom. The maximum atomic E-state index is 12.1. The molecule has 0 aromatic carbocycles. The fourth-order valence-electron chi connectivity index (χ4n) is 2.66. The van der Waals surface area contributed by atoms with Gasteiger partial charge in [-0.1, -0.05) is 0 Å². The van der Waals surface area contributed by atoms with Gasteiger partial charge in [0, 0.05) is 45.9 Å². The molecule has 0 bridgehead atoms. The largest absolute Gasteiger partial charge is 0.480 e. The summed E-state index contributed by atoms with van der Waals surface area (Å²) in [5.41, 5.74) is 0. The van der Waals surface area contributed by atoms with Crippen molar-refractivity contribution in [3.8, 4) is 0 Å². The predicted molar refractivity (Wildman–Crippen MR) is 77.2 cm³/mol. The lowest BCUT2D eigenvalue weighted by Crippen LogP contribution is -2.55. The van der Waals surface area contributed by atoms with Crippen LogP contribution in [0.2, 0.25) is 0 Å². The molecule has 2 aliphatic rings. The highest BCUT2D eigenvalue weighted by atomic mass is 16.5. The number of nitrogens with zero attached hydrogens (tertiary/aromatic N) is 2. The first-order chi connectivity index (χ1) is 10.1. The molecular formula is C14H25N3O4. The number of piperazine rings is 1. The monoisotopic (exact) mass is 299 g/mol. The molecule has 7 heteroatoms. The Morgan fingerprint density at radius 1 is 1.29 bits per heavy atom. The second-order valence-corrected chi connectivity index (χ2v) is 5.73. The maximum Gasteiger partial charge on any atom is 0.326 e. The summed E-state index contributed by atoms with van der Waals surface area (Å²) < 4.78 is 4.91. The van der Waals surface area contributed by atoms with Gasteiger partial charge < -0.3 is 20.1 Å². The lowest BCUT2D eigenvalue weighted by Gasteiger charge is -2.35. The van der Waals surface area contributed by atoms with Crippen molar-refractivity contribution in [1.82, 2.24) is 15.1 Å². The summed E-state index contributed by atoms with van der Waals surface area (Å²) in [5, 5.41) is 11.8. The van der Waals surface area contributed by atoms with E-state index in [9.17, 15) is 9.59 Å². The highest BCUT2D eigenvalue weighted by molar-refractivity contribution is 5.82. The minimum absolute atomic E-state index is 0.268. The maximum absolute atomic E-state index is 12.1. The molecule has 2 N–H and O–H groups in total. The SMILES string of the molecule is COCCCC(NC(=O)N1CCN(C2CC2)CC1)C(=O)O. The number of ether oxygens (including phenoxy) is 1. The van der Waals surface area contributed by atoms with Crippen LogP contribution in [0.1, 0.15) is 25.7 Å². The van der Waals surface area contributed by atoms with Crippen LogP contribution >= 0.6 is 0 Å². The number of rotatable bonds is 7. The van der Waals surface area contributed by atoms with E-state index in [2.05, 4.69) is 10.2 Å². The number of nitrogens with one attached hydrogen (secondary N) is 1. The molecule has 0 aromatic rings. The van der Waals surface area contributed by atoms with Gasteiger partial charge in [-0.15, -0.1) is 0 Å². The summed E-state index contributed by atoms with van der Waals surface area (Å²) in [4.78, 5) is 27.4. The third-order valence-corrected chi connectivity index (χ3v) is 4.10. The first-order valence-corrected chi connectivity index (χ1v) is 7.63. The first kappa shape index (κ1) is 16.0. The van der Waals surface area contributed by atoms with E-state index >= 15 is 0 Å². The van der Waals surface area contributed by atoms with E-state index < -0.39 is 12.0 Å². The number of amides is 2. The minimum Gasteiger partial charge on any atom is -0.480 e. The van der Waals surface area contributed by atoms with Crippen LogP contribution in [0.25, 0.3) is 0 Å². The van der Waals surface area contributed by atoms with Crippen LogP contribution in [0, 0.1) is 0 Å². The van der Waals surface area contributed by atoms with Crippen molar-refractivity contribution in [3.63, 3.8) is 0 Å². The van der Waals surface area contributed by atoms with Gasteiger partial charge in [-0.3, -0.25) is 4.90 Å². The molecule has 120 valence electrons. The topological polar surface area (TPSA) is 82.1 Å². The van der Waals surface area contributed by atoms with Crippen LogP contribution in [0.5, 0.6) is 0 Å². The second-order valence-electron chi connectivity index (χ2n) is 5.73. The summed E-state index contributed by atoms with van der Waals surface area (Å²) in [6.45, 7) is 3.62. The van der Waals surface area contributed by atoms with Crippen LogP contribution < -0.4 is 5.32 Å². The molecule has 0 aromatic heterocycles. The number of carboxylic acids is 1. The van der Waals surface area contributed by atoms with E-state index in [0.717, 1.165) is 19.1 Å². The Morgan fingerprint density at radius 2 is 1.95 bits per heavy atom. The zero-order chi connectivity index (χ0) is 15.2. The van der Waals surface area contributed by atoms with E-state index in [4.69, 9.17) is 9.84 Å². The van der Waals surface area contributed by atoms with Crippen molar-refractivity contribution >= 4 is 12.0 Å². The molecule has 2 rings (SSSR count). The molecule has 7 nitrogen and oxygen atoms in total. The van der Waals surface area contributed by atoms with E-state index in [-0.39, 0.29) is 6.03 Å². The molecule has 2 fully saturated rings. The number of carboxylic acid groups (broad SMARTS) is 1. The Hall–Kier alpha value is -1.34. The Balaban J connectivity index is 1.74. The molecule has 1 saturated carbocycles. The number of methoxy groups -OCH3 is 1. The van der Waals surface area contributed by atoms with Gasteiger partial charge in [0.15, 0.2) is 0 Å². The van der Waals surface area contributed by atoms with E-state index in [0.29, 0.717) is 32.5 Å². The number of hydrogen-bond donors (Lipinski definition) is 2. The molecular weight excluding hydrogens is 274 g/mol. The molecule has 1 unspecified atom stereocenters. The second kappa shape index (κ2) is 7.61. The van der Waals surface area contributed by atoms with Crippen LogP contribution in [0.15, 0.2) is 0 Å². The average molecular weight is 299 g/mol. The first-order valence-electron chi connectivity index (χ1n) is 7.63. The standard InChI is InChI=1S/C14H25N3O4/c1-21-10-2-3-12(13(18)19)15-14(20)17-8-6-16(7-9-17)11-4-5-11/h11-12H,2-10H2,1H3,(H,15,20)(H,18,19). The van der Waals surface area contributed by atoms with E-state index in [1.165, 1.54) is 12.8 Å². The molecule has 1 heterocycles. The van der Waals surface area contributed by atoms with Crippen molar-refractivity contribution in [3.05, 3.63) is 0 Å². The van der Waals surface area contributed by atoms with Crippen LogP contribution in [-0.4, -0.2) is 78.9 Å². The number of carbonyl (C=O) groups excluding carboxylic acids is 1. The van der Waals surface area contributed by atoms with E-state index in [1.54, 1.807) is 12.0 Å². The smallest absolute Gasteiger partial charge is 0.326 e. The third-order valence-electron chi connectivity index (χ3n) is 4.10. The van der Waals surface area contributed by atoms with Crippen molar-refractivity contribution in [1.29, 1.82) is 0 Å². The van der Waals surface area contributed by atoms with Gasteiger partial charge in [-0.2, -0.15) is 0 Å². The van der Waals surface area contributed by atoms with Crippen molar-refractivity contribution in [2.24, 2.45) is 0 Å². The Kier molecular flexibility index (Phi) is 5.81. The molecule has 1 aliphatic heterocycles. The molecule has 1 atom stereocenters. The number of aliphatic carboxylic acids is 1. The van der Waals surface area contributed by atoms with Gasteiger partial charge in [-0.25, -0.2) is 9.59 Å². The summed E-state index contributed by atoms with van der Waals surface area (Å²) >= 11 is 0. The molecule has 2 amide bonds. The van der Waals surface area contributed by atoms with Crippen molar-refractivity contribution < 1.29 is 19.4 Å². The number of hydrogen-bond acceptors (Lipinski definition) is 4. The average Bonchev–Trinajstić information content (AvgIpc) is 3.31. The number of carbonyl (C=O) groups is 2. The number of urea groups is 1. The predicted octanol–water partition coefficient (Wildman–Crippen LogP) is 0.356. The fourth-order valence-corrected chi connectivity index (χ4v) is 2.66. The van der Waals surface area contributed by atoms with Gasteiger partial charge in [0.05, 0.1) is 0 Å². The highest BCUT2D eigenvalue weighted by Gasteiger charge is 2.32. The zero-order valence-electron chi connectivity index (χ0n) is 12.6. The zero-order valence-corrected chi connectivity index (χ0v) is 12.6. The lowest BCUT2D eigenvalue weighted by atomic mass is 10.1. The molecule has 0 spiro atoms. The summed E-state index contributed by atoms with van der Waals surface area (Å²) in [5.74, 6) is -0.990. The van der Waals surface area contributed by atoms with Crippen molar-refractivity contribution in [2.75, 3.05) is 39.9 Å². The summed E-state index contributed by atoms with van der Waals surface area (Å²) in [6.07, 6.45) is 3.54. The molecule has 1 saturated heterocycles. The van der Waals surface area contributed by atoms with Crippen molar-refractivity contribution in [2.45, 2.75) is 37.8 Å². The van der Waals surface area contributed by atoms with E-state index in [1.807, 2.05) is 0 Å². The summed E-state index contributed by atoms with van der Waals surface area (Å²) in [7, 11) is 1.58. The van der Waals surface area contributed by atoms with Crippen LogP contribution in [-0.2, 0) is 9.53 Å². The van der Waals surface area contributed by atoms with Crippen LogP contribution in [0.4, 0.5) is 4.79 Å². The van der Waals surface area contributed by atoms with Gasteiger partial charge in [0.1, 0.15) is 6.04 Å².